The number of benzene rings is 2. The summed E-state index contributed by atoms with van der Waals surface area (Å²) in [5.74, 6) is -1.49. The summed E-state index contributed by atoms with van der Waals surface area (Å²) < 4.78 is 5.14. The fourth-order valence-corrected chi connectivity index (χ4v) is 3.08. The van der Waals surface area contributed by atoms with Gasteiger partial charge in [-0.1, -0.05) is 30.3 Å². The number of carboxylic acids is 1. The standard InChI is InChI=1S/C20H20N2O5/c1-22-17-8-3-2-7-15(17)16(10-18(22)23)20(26)21-11-13-5-4-6-14(9-13)27-12-19(24)25/h2-9,16H,10-12H2,1H3,(H,21,26)(H,24,25). The molecular weight excluding hydrogens is 348 g/mol. The first kappa shape index (κ1) is 18.4. The van der Waals surface area contributed by atoms with Gasteiger partial charge >= 0.3 is 5.97 Å². The summed E-state index contributed by atoms with van der Waals surface area (Å²) >= 11 is 0. The van der Waals surface area contributed by atoms with E-state index in [1.54, 1.807) is 30.1 Å². The normalized spacial score (nSPS) is 15.8. The Morgan fingerprint density at radius 3 is 2.78 bits per heavy atom. The second-order valence-corrected chi connectivity index (χ2v) is 6.32. The largest absolute Gasteiger partial charge is 0.482 e. The summed E-state index contributed by atoms with van der Waals surface area (Å²) in [7, 11) is 1.71. The monoisotopic (exact) mass is 368 g/mol. The number of hydrogen-bond acceptors (Lipinski definition) is 4. The minimum absolute atomic E-state index is 0.0991. The molecule has 0 spiro atoms. The number of fused-ring (bicyclic) bond motifs is 1. The first-order chi connectivity index (χ1) is 13.0. The van der Waals surface area contributed by atoms with E-state index in [1.165, 1.54) is 0 Å². The number of nitrogens with one attached hydrogen (secondary N) is 1. The van der Waals surface area contributed by atoms with Crippen molar-refractivity contribution in [1.29, 1.82) is 0 Å². The highest BCUT2D eigenvalue weighted by Gasteiger charge is 2.33. The van der Waals surface area contributed by atoms with Crippen LogP contribution in [0.1, 0.15) is 23.5 Å². The van der Waals surface area contributed by atoms with Crippen LogP contribution in [0.2, 0.25) is 0 Å². The predicted molar refractivity (Wildman–Crippen MR) is 98.6 cm³/mol. The molecule has 1 atom stereocenters. The number of nitrogens with zero attached hydrogens (tertiary/aromatic N) is 1. The van der Waals surface area contributed by atoms with Crippen LogP contribution >= 0.6 is 0 Å². The van der Waals surface area contributed by atoms with Gasteiger partial charge in [-0.15, -0.1) is 0 Å². The van der Waals surface area contributed by atoms with Gasteiger partial charge in [0.2, 0.25) is 11.8 Å². The molecule has 0 saturated heterocycles. The number of ether oxygens (including phenoxy) is 1. The van der Waals surface area contributed by atoms with Crippen molar-refractivity contribution in [2.45, 2.75) is 18.9 Å². The van der Waals surface area contributed by atoms with E-state index in [9.17, 15) is 14.4 Å². The van der Waals surface area contributed by atoms with Crippen LogP contribution < -0.4 is 15.0 Å². The van der Waals surface area contributed by atoms with Crippen molar-refractivity contribution in [1.82, 2.24) is 5.32 Å². The van der Waals surface area contributed by atoms with E-state index in [2.05, 4.69) is 5.32 Å². The molecule has 1 aliphatic heterocycles. The molecule has 1 unspecified atom stereocenters. The molecule has 1 aliphatic rings. The zero-order valence-electron chi connectivity index (χ0n) is 14.8. The molecule has 2 amide bonds. The van der Waals surface area contributed by atoms with Crippen LogP contribution in [0.5, 0.6) is 5.75 Å². The molecule has 7 nitrogen and oxygen atoms in total. The molecule has 0 radical (unpaired) electrons. The Labute approximate surface area is 156 Å². The van der Waals surface area contributed by atoms with Crippen LogP contribution in [-0.4, -0.2) is 36.5 Å². The van der Waals surface area contributed by atoms with Crippen molar-refractivity contribution in [3.63, 3.8) is 0 Å². The average molecular weight is 368 g/mol. The van der Waals surface area contributed by atoms with Crippen molar-refractivity contribution in [2.24, 2.45) is 0 Å². The van der Waals surface area contributed by atoms with Gasteiger partial charge in [0.15, 0.2) is 6.61 Å². The van der Waals surface area contributed by atoms with Crippen LogP contribution in [0.4, 0.5) is 5.69 Å². The van der Waals surface area contributed by atoms with E-state index < -0.39 is 18.5 Å². The molecule has 0 aliphatic carbocycles. The van der Waals surface area contributed by atoms with Gasteiger partial charge < -0.3 is 20.1 Å². The van der Waals surface area contributed by atoms with Gasteiger partial charge in [-0.05, 0) is 29.3 Å². The van der Waals surface area contributed by atoms with Crippen molar-refractivity contribution in [3.8, 4) is 5.75 Å². The van der Waals surface area contributed by atoms with Crippen LogP contribution in [0.25, 0.3) is 0 Å². The van der Waals surface area contributed by atoms with E-state index in [4.69, 9.17) is 9.84 Å². The Morgan fingerprint density at radius 1 is 1.22 bits per heavy atom. The van der Waals surface area contributed by atoms with Gasteiger partial charge in [0.25, 0.3) is 0 Å². The van der Waals surface area contributed by atoms with E-state index in [1.807, 2.05) is 30.3 Å². The summed E-state index contributed by atoms with van der Waals surface area (Å²) in [6.45, 7) is -0.171. The molecule has 0 aromatic heterocycles. The van der Waals surface area contributed by atoms with Crippen molar-refractivity contribution in [3.05, 3.63) is 59.7 Å². The maximum absolute atomic E-state index is 12.7. The highest BCUT2D eigenvalue weighted by Crippen LogP contribution is 2.35. The lowest BCUT2D eigenvalue weighted by Gasteiger charge is -2.30. The smallest absolute Gasteiger partial charge is 0.341 e. The van der Waals surface area contributed by atoms with Gasteiger partial charge in [0.1, 0.15) is 5.75 Å². The first-order valence-corrected chi connectivity index (χ1v) is 8.52. The summed E-state index contributed by atoms with van der Waals surface area (Å²) in [4.78, 5) is 37.1. The fraction of sp³-hybridized carbons (Fsp3) is 0.250. The van der Waals surface area contributed by atoms with E-state index in [-0.39, 0.29) is 24.8 Å². The molecule has 2 aromatic carbocycles. The number of aliphatic carboxylic acids is 1. The second kappa shape index (κ2) is 7.90. The second-order valence-electron chi connectivity index (χ2n) is 6.32. The number of carbonyl (C=O) groups excluding carboxylic acids is 2. The number of hydrogen-bond donors (Lipinski definition) is 2. The number of anilines is 1. The van der Waals surface area contributed by atoms with Crippen LogP contribution in [0.15, 0.2) is 48.5 Å². The number of carboxylic acid groups (broad SMARTS) is 1. The molecule has 3 rings (SSSR count). The van der Waals surface area contributed by atoms with Gasteiger partial charge in [0, 0.05) is 25.7 Å². The Bertz CT molecular complexity index is 880. The molecule has 1 heterocycles. The first-order valence-electron chi connectivity index (χ1n) is 8.52. The molecular formula is C20H20N2O5. The average Bonchev–Trinajstić information content (AvgIpc) is 2.67. The summed E-state index contributed by atoms with van der Waals surface area (Å²) in [6, 6.07) is 14.3. The fourth-order valence-electron chi connectivity index (χ4n) is 3.08. The third-order valence-corrected chi connectivity index (χ3v) is 4.47. The van der Waals surface area contributed by atoms with Crippen LogP contribution in [0, 0.1) is 0 Å². The highest BCUT2D eigenvalue weighted by molar-refractivity contribution is 6.02. The third kappa shape index (κ3) is 4.25. The zero-order chi connectivity index (χ0) is 19.4. The lowest BCUT2D eigenvalue weighted by atomic mass is 9.89. The minimum Gasteiger partial charge on any atom is -0.482 e. The molecule has 140 valence electrons. The topological polar surface area (TPSA) is 95.9 Å². The van der Waals surface area contributed by atoms with E-state index >= 15 is 0 Å². The Hall–Kier alpha value is -3.35. The highest BCUT2D eigenvalue weighted by atomic mass is 16.5. The van der Waals surface area contributed by atoms with Gasteiger partial charge in [0.05, 0.1) is 5.92 Å². The minimum atomic E-state index is -1.06. The Balaban J connectivity index is 1.68. The third-order valence-electron chi connectivity index (χ3n) is 4.47. The predicted octanol–water partition coefficient (Wildman–Crippen LogP) is 1.92. The molecule has 0 saturated carbocycles. The quantitative estimate of drug-likeness (QED) is 0.812. The molecule has 27 heavy (non-hydrogen) atoms. The van der Waals surface area contributed by atoms with Crippen molar-refractivity contribution >= 4 is 23.5 Å². The zero-order valence-corrected chi connectivity index (χ0v) is 14.8. The number of amides is 2. The van der Waals surface area contributed by atoms with E-state index in [0.717, 1.165) is 16.8 Å². The van der Waals surface area contributed by atoms with Gasteiger partial charge in [-0.25, -0.2) is 4.79 Å². The number of para-hydroxylation sites is 1. The Morgan fingerprint density at radius 2 is 2.00 bits per heavy atom. The van der Waals surface area contributed by atoms with Crippen LogP contribution in [0.3, 0.4) is 0 Å². The SMILES string of the molecule is CN1C(=O)CC(C(=O)NCc2cccc(OCC(=O)O)c2)c2ccccc21. The van der Waals surface area contributed by atoms with Crippen LogP contribution in [-0.2, 0) is 20.9 Å². The maximum Gasteiger partial charge on any atom is 0.341 e. The summed E-state index contributed by atoms with van der Waals surface area (Å²) in [5.41, 5.74) is 2.35. The molecule has 2 aromatic rings. The number of rotatable bonds is 6. The molecule has 0 fully saturated rings. The lowest BCUT2D eigenvalue weighted by molar-refractivity contribution is -0.139. The summed E-state index contributed by atoms with van der Waals surface area (Å²) in [5, 5.41) is 11.5. The number of carbonyl (C=O) groups is 3. The molecule has 7 heteroatoms. The van der Waals surface area contributed by atoms with Crippen molar-refractivity contribution < 1.29 is 24.2 Å². The summed E-state index contributed by atoms with van der Waals surface area (Å²) in [6.07, 6.45) is 0.126. The van der Waals surface area contributed by atoms with Gasteiger partial charge in [-0.2, -0.15) is 0 Å². The maximum atomic E-state index is 12.7. The van der Waals surface area contributed by atoms with E-state index in [0.29, 0.717) is 5.75 Å². The molecule has 0 bridgehead atoms. The van der Waals surface area contributed by atoms with Crippen molar-refractivity contribution in [2.75, 3.05) is 18.6 Å². The molecule has 2 N–H and O–H groups in total. The lowest BCUT2D eigenvalue weighted by Crippen LogP contribution is -2.39. The van der Waals surface area contributed by atoms with Gasteiger partial charge in [-0.3, -0.25) is 9.59 Å². The Kier molecular flexibility index (Phi) is 5.40.